The number of aryl methyl sites for hydroxylation is 1. The van der Waals surface area contributed by atoms with E-state index in [2.05, 4.69) is 105 Å². The van der Waals surface area contributed by atoms with Crippen molar-refractivity contribution in [3.05, 3.63) is 92.5 Å². The number of fused-ring (bicyclic) bond motifs is 1. The van der Waals surface area contributed by atoms with Gasteiger partial charge in [-0.25, -0.2) is 0 Å². The van der Waals surface area contributed by atoms with Gasteiger partial charge in [-0.05, 0) is 60.1 Å². The maximum absolute atomic E-state index is 6.31. The number of allylic oxidation sites excluding steroid dienone is 6. The van der Waals surface area contributed by atoms with Gasteiger partial charge in [-0.2, -0.15) is 4.57 Å². The van der Waals surface area contributed by atoms with Crippen LogP contribution in [0.2, 0.25) is 10.0 Å². The van der Waals surface area contributed by atoms with Gasteiger partial charge in [0.15, 0.2) is 0 Å². The number of hydrogen-bond acceptors (Lipinski definition) is 2. The minimum atomic E-state index is 0.215. The SMILES string of the molecule is CC[n+]1c(C=C2C=C(C=CC=Cc3ccc(N(C)C)cc3)CC(C)(C)C2)sc2cc(Cl)c(Cl)cc21. The normalized spacial score (nSPS) is 17.1. The molecule has 0 N–H and O–H groups in total. The number of aromatic nitrogens is 1. The molecule has 3 aromatic rings. The molecule has 1 aliphatic carbocycles. The third kappa shape index (κ3) is 6.27. The minimum absolute atomic E-state index is 0.215. The van der Waals surface area contributed by atoms with E-state index in [1.807, 2.05) is 12.1 Å². The summed E-state index contributed by atoms with van der Waals surface area (Å²) in [6.07, 6.45) is 15.5. The van der Waals surface area contributed by atoms with Crippen molar-refractivity contribution in [2.45, 2.75) is 40.2 Å². The zero-order valence-electron chi connectivity index (χ0n) is 21.1. The van der Waals surface area contributed by atoms with E-state index in [4.69, 9.17) is 23.2 Å². The Kier molecular flexibility index (Phi) is 7.90. The van der Waals surface area contributed by atoms with E-state index in [1.165, 1.54) is 27.4 Å². The smallest absolute Gasteiger partial charge is 0.263 e. The van der Waals surface area contributed by atoms with Crippen LogP contribution in [0.4, 0.5) is 5.69 Å². The number of thiazole rings is 1. The Labute approximate surface area is 223 Å². The van der Waals surface area contributed by atoms with Crippen molar-refractivity contribution in [1.82, 2.24) is 0 Å². The molecule has 4 rings (SSSR count). The summed E-state index contributed by atoms with van der Waals surface area (Å²) in [5, 5.41) is 2.44. The van der Waals surface area contributed by atoms with Gasteiger partial charge in [0.05, 0.1) is 10.0 Å². The molecule has 0 spiro atoms. The van der Waals surface area contributed by atoms with Gasteiger partial charge in [0.1, 0.15) is 11.2 Å². The van der Waals surface area contributed by atoms with Crippen molar-refractivity contribution < 1.29 is 4.57 Å². The topological polar surface area (TPSA) is 7.12 Å². The van der Waals surface area contributed by atoms with E-state index in [1.54, 1.807) is 11.3 Å². The lowest BCUT2D eigenvalue weighted by Crippen LogP contribution is -2.33. The van der Waals surface area contributed by atoms with Crippen molar-refractivity contribution in [3.8, 4) is 0 Å². The summed E-state index contributed by atoms with van der Waals surface area (Å²) < 4.78 is 3.49. The molecule has 0 radical (unpaired) electrons. The summed E-state index contributed by atoms with van der Waals surface area (Å²) in [7, 11) is 4.12. The predicted octanol–water partition coefficient (Wildman–Crippen LogP) is 8.98. The summed E-state index contributed by atoms with van der Waals surface area (Å²) in [5.41, 5.74) is 6.48. The minimum Gasteiger partial charge on any atom is -0.378 e. The van der Waals surface area contributed by atoms with E-state index >= 15 is 0 Å². The third-order valence-electron chi connectivity index (χ3n) is 6.25. The Morgan fingerprint density at radius 1 is 1.00 bits per heavy atom. The molecule has 0 bridgehead atoms. The van der Waals surface area contributed by atoms with E-state index in [9.17, 15) is 0 Å². The first-order valence-electron chi connectivity index (χ1n) is 12.0. The standard InChI is InChI=1S/C30H33Cl2N2S/c1-6-34-27-17-25(31)26(32)18-28(27)35-29(34)16-23-15-22(19-30(2,3)20-23)10-8-7-9-21-11-13-24(14-12-21)33(4)5/h7-18H,6,19-20H2,1-5H3/q+1. The Balaban J connectivity index is 1.59. The molecular weight excluding hydrogens is 491 g/mol. The average molecular weight is 525 g/mol. The van der Waals surface area contributed by atoms with Crippen molar-refractivity contribution in [2.75, 3.05) is 19.0 Å². The second-order valence-electron chi connectivity index (χ2n) is 10.1. The van der Waals surface area contributed by atoms with E-state index in [-0.39, 0.29) is 5.41 Å². The monoisotopic (exact) mass is 523 g/mol. The molecule has 1 aliphatic rings. The van der Waals surface area contributed by atoms with Crippen LogP contribution in [0, 0.1) is 5.41 Å². The van der Waals surface area contributed by atoms with Crippen molar-refractivity contribution >= 4 is 62.6 Å². The van der Waals surface area contributed by atoms with Crippen LogP contribution in [0.1, 0.15) is 44.2 Å². The Morgan fingerprint density at radius 3 is 2.37 bits per heavy atom. The summed E-state index contributed by atoms with van der Waals surface area (Å²) in [4.78, 5) is 2.11. The van der Waals surface area contributed by atoms with Crippen LogP contribution in [-0.2, 0) is 6.54 Å². The van der Waals surface area contributed by atoms with Crippen molar-refractivity contribution in [2.24, 2.45) is 5.41 Å². The van der Waals surface area contributed by atoms with Crippen LogP contribution in [0.5, 0.6) is 0 Å². The van der Waals surface area contributed by atoms with Gasteiger partial charge in [0, 0.05) is 31.9 Å². The van der Waals surface area contributed by atoms with Gasteiger partial charge < -0.3 is 4.90 Å². The molecule has 182 valence electrons. The van der Waals surface area contributed by atoms with Crippen LogP contribution < -0.4 is 9.47 Å². The van der Waals surface area contributed by atoms with Crippen molar-refractivity contribution in [3.63, 3.8) is 0 Å². The maximum atomic E-state index is 6.31. The summed E-state index contributed by atoms with van der Waals surface area (Å²) in [6.45, 7) is 7.76. The first-order valence-corrected chi connectivity index (χ1v) is 13.6. The van der Waals surface area contributed by atoms with Crippen LogP contribution in [-0.4, -0.2) is 14.1 Å². The number of rotatable bonds is 6. The zero-order valence-corrected chi connectivity index (χ0v) is 23.4. The summed E-state index contributed by atoms with van der Waals surface area (Å²) >= 11 is 14.4. The maximum Gasteiger partial charge on any atom is 0.263 e. The molecule has 1 aromatic heterocycles. The molecular formula is C30H33Cl2N2S+. The lowest BCUT2D eigenvalue weighted by atomic mass is 9.75. The van der Waals surface area contributed by atoms with Crippen LogP contribution in [0.15, 0.2) is 71.8 Å². The number of anilines is 1. The summed E-state index contributed by atoms with van der Waals surface area (Å²) in [6, 6.07) is 12.6. The molecule has 0 unspecified atom stereocenters. The molecule has 0 saturated carbocycles. The van der Waals surface area contributed by atoms with Gasteiger partial charge in [-0.15, -0.1) is 0 Å². The van der Waals surface area contributed by atoms with Crippen molar-refractivity contribution in [1.29, 1.82) is 0 Å². The second kappa shape index (κ2) is 10.7. The molecule has 35 heavy (non-hydrogen) atoms. The van der Waals surface area contributed by atoms with Crippen LogP contribution in [0.3, 0.4) is 0 Å². The van der Waals surface area contributed by atoms with Gasteiger partial charge >= 0.3 is 0 Å². The Hall–Kier alpha value is -2.33. The fraction of sp³-hybridized carbons (Fsp3) is 0.300. The lowest BCUT2D eigenvalue weighted by Gasteiger charge is -2.30. The number of hydrogen-bond donors (Lipinski definition) is 0. The molecule has 0 fully saturated rings. The second-order valence-corrected chi connectivity index (χ2v) is 12.0. The first kappa shape index (κ1) is 25.8. The van der Waals surface area contributed by atoms with Gasteiger partial charge in [-0.1, -0.05) is 90.9 Å². The highest BCUT2D eigenvalue weighted by atomic mass is 35.5. The highest BCUT2D eigenvalue weighted by molar-refractivity contribution is 7.18. The number of benzene rings is 2. The molecule has 2 nitrogen and oxygen atoms in total. The molecule has 0 amide bonds. The van der Waals surface area contributed by atoms with Gasteiger partial charge in [0.2, 0.25) is 5.52 Å². The first-order chi connectivity index (χ1) is 16.6. The molecule has 1 heterocycles. The number of halogens is 2. The third-order valence-corrected chi connectivity index (χ3v) is 8.07. The largest absolute Gasteiger partial charge is 0.378 e. The van der Waals surface area contributed by atoms with Gasteiger partial charge in [-0.3, -0.25) is 0 Å². The Bertz CT molecular complexity index is 1340. The molecule has 0 atom stereocenters. The van der Waals surface area contributed by atoms with Crippen LogP contribution in [0.25, 0.3) is 22.4 Å². The molecule has 0 aliphatic heterocycles. The molecule has 0 saturated heterocycles. The van der Waals surface area contributed by atoms with Crippen LogP contribution >= 0.6 is 34.5 Å². The highest BCUT2D eigenvalue weighted by Crippen LogP contribution is 2.39. The Morgan fingerprint density at radius 2 is 1.69 bits per heavy atom. The van der Waals surface area contributed by atoms with Gasteiger partial charge in [0.25, 0.3) is 5.01 Å². The molecule has 2 aromatic carbocycles. The van der Waals surface area contributed by atoms with E-state index < -0.39 is 0 Å². The van der Waals surface area contributed by atoms with E-state index in [0.29, 0.717) is 10.0 Å². The zero-order chi connectivity index (χ0) is 25.2. The quantitative estimate of drug-likeness (QED) is 0.231. The average Bonchev–Trinajstić information content (AvgIpc) is 3.11. The predicted molar refractivity (Wildman–Crippen MR) is 156 cm³/mol. The lowest BCUT2D eigenvalue weighted by molar-refractivity contribution is -0.665. The molecule has 5 heteroatoms. The highest BCUT2D eigenvalue weighted by Gasteiger charge is 2.26. The fourth-order valence-electron chi connectivity index (χ4n) is 4.63. The summed E-state index contributed by atoms with van der Waals surface area (Å²) in [5.74, 6) is 0. The number of nitrogens with zero attached hydrogens (tertiary/aromatic N) is 2. The van der Waals surface area contributed by atoms with E-state index in [0.717, 1.165) is 29.6 Å². The fourth-order valence-corrected chi connectivity index (χ4v) is 6.24.